The second-order valence-corrected chi connectivity index (χ2v) is 9.05. The third-order valence-corrected chi connectivity index (χ3v) is 7.21. The van der Waals surface area contributed by atoms with E-state index in [2.05, 4.69) is 5.32 Å². The third-order valence-electron chi connectivity index (χ3n) is 5.84. The van der Waals surface area contributed by atoms with Crippen LogP contribution in [0.2, 0.25) is 0 Å². The Kier molecular flexibility index (Phi) is 5.91. The van der Waals surface area contributed by atoms with Crippen molar-refractivity contribution in [2.75, 3.05) is 24.2 Å². The van der Waals surface area contributed by atoms with E-state index in [-0.39, 0.29) is 17.9 Å². The largest absolute Gasteiger partial charge is 0.493 e. The molecule has 2 fully saturated rings. The number of amides is 2. The fourth-order valence-corrected chi connectivity index (χ4v) is 5.50. The first-order valence-corrected chi connectivity index (χ1v) is 11.2. The molecule has 1 atom stereocenters. The molecule has 5 nitrogen and oxygen atoms in total. The highest BCUT2D eigenvalue weighted by atomic mass is 32.2. The molecule has 2 amide bonds. The molecular formula is C21H28N2O3S. The molecule has 146 valence electrons. The highest BCUT2D eigenvalue weighted by Crippen LogP contribution is 2.32. The average Bonchev–Trinajstić information content (AvgIpc) is 3.20. The first kappa shape index (κ1) is 18.7. The van der Waals surface area contributed by atoms with Crippen LogP contribution in [0.25, 0.3) is 0 Å². The maximum absolute atomic E-state index is 13.1. The third kappa shape index (κ3) is 4.42. The standard InChI is InChI=1S/C21H28N2O3S/c24-20(14-27-17-6-1-2-7-17)22-15-8-9-19-18(13-15)21(25)23-11-4-3-5-16(23)10-12-26-19/h8-9,13,16-17H,1-7,10-12,14H2,(H,22,24). The molecule has 2 aliphatic heterocycles. The minimum absolute atomic E-state index is 0.00177. The van der Waals surface area contributed by atoms with Gasteiger partial charge in [0.25, 0.3) is 5.91 Å². The molecule has 1 aromatic carbocycles. The van der Waals surface area contributed by atoms with E-state index in [0.717, 1.165) is 25.8 Å². The molecule has 6 heteroatoms. The van der Waals surface area contributed by atoms with Crippen molar-refractivity contribution in [3.8, 4) is 5.75 Å². The second kappa shape index (κ2) is 8.55. The quantitative estimate of drug-likeness (QED) is 0.844. The van der Waals surface area contributed by atoms with Crippen molar-refractivity contribution in [2.45, 2.75) is 62.7 Å². The van der Waals surface area contributed by atoms with Gasteiger partial charge in [-0.2, -0.15) is 0 Å². The van der Waals surface area contributed by atoms with Crippen LogP contribution in [0.3, 0.4) is 0 Å². The lowest BCUT2D eigenvalue weighted by Crippen LogP contribution is -2.45. The number of anilines is 1. The van der Waals surface area contributed by atoms with E-state index in [9.17, 15) is 9.59 Å². The van der Waals surface area contributed by atoms with Gasteiger partial charge in [0.05, 0.1) is 17.9 Å². The Morgan fingerprint density at radius 1 is 1.15 bits per heavy atom. The summed E-state index contributed by atoms with van der Waals surface area (Å²) in [5.74, 6) is 1.13. The highest BCUT2D eigenvalue weighted by Gasteiger charge is 2.31. The molecule has 1 aliphatic carbocycles. The Hall–Kier alpha value is -1.69. The van der Waals surface area contributed by atoms with E-state index in [0.29, 0.717) is 34.6 Å². The summed E-state index contributed by atoms with van der Waals surface area (Å²) in [5.41, 5.74) is 1.25. The lowest BCUT2D eigenvalue weighted by molar-refractivity contribution is -0.113. The van der Waals surface area contributed by atoms with Crippen molar-refractivity contribution in [1.29, 1.82) is 0 Å². The molecule has 4 rings (SSSR count). The summed E-state index contributed by atoms with van der Waals surface area (Å²) >= 11 is 1.75. The number of carbonyl (C=O) groups is 2. The smallest absolute Gasteiger partial charge is 0.257 e. The number of nitrogens with one attached hydrogen (secondary N) is 1. The van der Waals surface area contributed by atoms with Gasteiger partial charge in [-0.1, -0.05) is 12.8 Å². The SMILES string of the molecule is O=C(CSC1CCCC1)Nc1ccc2c(c1)C(=O)N1CCCCC1CCO2. The molecule has 1 saturated carbocycles. The van der Waals surface area contributed by atoms with Crippen LogP contribution in [0, 0.1) is 0 Å². The van der Waals surface area contributed by atoms with E-state index in [1.165, 1.54) is 32.1 Å². The van der Waals surface area contributed by atoms with E-state index in [1.807, 2.05) is 17.0 Å². The topological polar surface area (TPSA) is 58.6 Å². The summed E-state index contributed by atoms with van der Waals surface area (Å²) in [7, 11) is 0. The van der Waals surface area contributed by atoms with E-state index in [1.54, 1.807) is 17.8 Å². The monoisotopic (exact) mass is 388 g/mol. The predicted molar refractivity (Wildman–Crippen MR) is 109 cm³/mol. The van der Waals surface area contributed by atoms with Gasteiger partial charge in [-0.25, -0.2) is 0 Å². The van der Waals surface area contributed by atoms with E-state index in [4.69, 9.17) is 4.74 Å². The van der Waals surface area contributed by atoms with Gasteiger partial charge in [-0.05, 0) is 50.3 Å². The molecule has 0 aromatic heterocycles. The van der Waals surface area contributed by atoms with Crippen molar-refractivity contribution in [3.63, 3.8) is 0 Å². The Morgan fingerprint density at radius 3 is 2.81 bits per heavy atom. The fraction of sp³-hybridized carbons (Fsp3) is 0.619. The number of hydrogen-bond acceptors (Lipinski definition) is 4. The maximum Gasteiger partial charge on any atom is 0.257 e. The molecular weight excluding hydrogens is 360 g/mol. The summed E-state index contributed by atoms with van der Waals surface area (Å²) in [6, 6.07) is 5.71. The Labute approximate surface area is 165 Å². The number of nitrogens with zero attached hydrogens (tertiary/aromatic N) is 1. The number of piperidine rings is 1. The van der Waals surface area contributed by atoms with Gasteiger partial charge in [0, 0.05) is 29.9 Å². The first-order chi connectivity index (χ1) is 13.2. The zero-order valence-electron chi connectivity index (χ0n) is 15.7. The van der Waals surface area contributed by atoms with Gasteiger partial charge in [-0.15, -0.1) is 11.8 Å². The van der Waals surface area contributed by atoms with Crippen LogP contribution >= 0.6 is 11.8 Å². The lowest BCUT2D eigenvalue weighted by Gasteiger charge is -2.37. The molecule has 0 radical (unpaired) electrons. The van der Waals surface area contributed by atoms with Crippen molar-refractivity contribution < 1.29 is 14.3 Å². The van der Waals surface area contributed by atoms with Crippen LogP contribution in [0.4, 0.5) is 5.69 Å². The van der Waals surface area contributed by atoms with Gasteiger partial charge >= 0.3 is 0 Å². The molecule has 27 heavy (non-hydrogen) atoms. The van der Waals surface area contributed by atoms with E-state index >= 15 is 0 Å². The van der Waals surface area contributed by atoms with Crippen LogP contribution < -0.4 is 10.1 Å². The number of carbonyl (C=O) groups excluding carboxylic acids is 2. The Bertz CT molecular complexity index is 703. The Morgan fingerprint density at radius 2 is 1.96 bits per heavy atom. The van der Waals surface area contributed by atoms with Crippen LogP contribution in [-0.2, 0) is 4.79 Å². The van der Waals surface area contributed by atoms with Gasteiger partial charge < -0.3 is 15.0 Å². The normalized spacial score (nSPS) is 23.0. The lowest BCUT2D eigenvalue weighted by atomic mass is 9.97. The zero-order valence-corrected chi connectivity index (χ0v) is 16.6. The van der Waals surface area contributed by atoms with Gasteiger partial charge in [0.2, 0.25) is 5.91 Å². The van der Waals surface area contributed by atoms with Gasteiger partial charge in [-0.3, -0.25) is 9.59 Å². The van der Waals surface area contributed by atoms with Crippen LogP contribution in [0.1, 0.15) is 61.7 Å². The summed E-state index contributed by atoms with van der Waals surface area (Å²) in [5, 5.41) is 3.58. The number of ether oxygens (including phenoxy) is 1. The minimum Gasteiger partial charge on any atom is -0.493 e. The number of fused-ring (bicyclic) bond motifs is 2. The number of rotatable bonds is 4. The molecule has 3 aliphatic rings. The second-order valence-electron chi connectivity index (χ2n) is 7.76. The molecule has 1 saturated heterocycles. The highest BCUT2D eigenvalue weighted by molar-refractivity contribution is 8.00. The van der Waals surface area contributed by atoms with Crippen molar-refractivity contribution in [3.05, 3.63) is 23.8 Å². The minimum atomic E-state index is 0.00177. The number of thioether (sulfide) groups is 1. The van der Waals surface area contributed by atoms with Gasteiger partial charge in [0.1, 0.15) is 5.75 Å². The molecule has 2 heterocycles. The summed E-state index contributed by atoms with van der Waals surface area (Å²) in [6.07, 6.45) is 9.19. The predicted octanol–water partition coefficient (Wildman–Crippen LogP) is 4.08. The van der Waals surface area contributed by atoms with Crippen LogP contribution in [0.15, 0.2) is 18.2 Å². The molecule has 1 aromatic rings. The average molecular weight is 389 g/mol. The first-order valence-electron chi connectivity index (χ1n) is 10.2. The zero-order chi connectivity index (χ0) is 18.6. The molecule has 0 bridgehead atoms. The number of hydrogen-bond donors (Lipinski definition) is 1. The molecule has 1 N–H and O–H groups in total. The van der Waals surface area contributed by atoms with Crippen LogP contribution in [0.5, 0.6) is 5.75 Å². The van der Waals surface area contributed by atoms with Crippen molar-refractivity contribution in [2.24, 2.45) is 0 Å². The van der Waals surface area contributed by atoms with Crippen molar-refractivity contribution >= 4 is 29.3 Å². The van der Waals surface area contributed by atoms with Crippen molar-refractivity contribution in [1.82, 2.24) is 4.90 Å². The van der Waals surface area contributed by atoms with E-state index < -0.39 is 0 Å². The summed E-state index contributed by atoms with van der Waals surface area (Å²) in [4.78, 5) is 27.4. The fourth-order valence-electron chi connectivity index (χ4n) is 4.37. The molecule has 0 spiro atoms. The number of benzene rings is 1. The Balaban J connectivity index is 1.44. The van der Waals surface area contributed by atoms with Gasteiger partial charge in [0.15, 0.2) is 0 Å². The molecule has 1 unspecified atom stereocenters. The van der Waals surface area contributed by atoms with Crippen LogP contribution in [-0.4, -0.2) is 46.9 Å². The summed E-state index contributed by atoms with van der Waals surface area (Å²) < 4.78 is 5.86. The summed E-state index contributed by atoms with van der Waals surface area (Å²) in [6.45, 7) is 1.45. The maximum atomic E-state index is 13.1.